The summed E-state index contributed by atoms with van der Waals surface area (Å²) in [6, 6.07) is 0. The number of halogens is 3. The molecule has 2 nitrogen and oxygen atoms in total. The van der Waals surface area contributed by atoms with E-state index in [-0.39, 0.29) is 0 Å². The highest BCUT2D eigenvalue weighted by Crippen LogP contribution is 2.27. The zero-order valence-electron chi connectivity index (χ0n) is 5.27. The summed E-state index contributed by atoms with van der Waals surface area (Å²) in [5.74, 6) is -3.19. The van der Waals surface area contributed by atoms with Gasteiger partial charge < -0.3 is 5.11 Å². The van der Waals surface area contributed by atoms with E-state index in [2.05, 4.69) is 0 Å². The number of carbonyl (C=O) groups is 1. The number of hydrogen-bond donors (Lipinski definition) is 1. The van der Waals surface area contributed by atoms with Crippen molar-refractivity contribution in [2.24, 2.45) is 5.92 Å². The number of carboxylic acid groups (broad SMARTS) is 1. The fourth-order valence-electron chi connectivity index (χ4n) is 0.378. The molecule has 60 valence electrons. The van der Waals surface area contributed by atoms with Crippen molar-refractivity contribution in [3.8, 4) is 0 Å². The predicted molar refractivity (Wildman–Crippen MR) is 27.5 cm³/mol. The number of carboxylic acids is 1. The molecule has 0 fully saturated rings. The molecule has 0 radical (unpaired) electrons. The second kappa shape index (κ2) is 2.90. The van der Waals surface area contributed by atoms with Gasteiger partial charge in [0.2, 0.25) is 0 Å². The van der Waals surface area contributed by atoms with Crippen molar-refractivity contribution in [2.45, 2.75) is 19.5 Å². The van der Waals surface area contributed by atoms with Crippen LogP contribution < -0.4 is 0 Å². The van der Waals surface area contributed by atoms with Crippen LogP contribution in [0.25, 0.3) is 0 Å². The number of aliphatic carboxylic acids is 1. The maximum absolute atomic E-state index is 11.5. The van der Waals surface area contributed by atoms with E-state index >= 15 is 0 Å². The van der Waals surface area contributed by atoms with Crippen LogP contribution >= 0.6 is 0 Å². The molecule has 0 aromatic rings. The van der Waals surface area contributed by atoms with Gasteiger partial charge in [-0.25, -0.2) is 0 Å². The van der Waals surface area contributed by atoms with Gasteiger partial charge in [0.05, 0.1) is 12.3 Å². The van der Waals surface area contributed by atoms with Crippen LogP contribution in [0.2, 0.25) is 0 Å². The third-order valence-corrected chi connectivity index (χ3v) is 1.04. The highest BCUT2D eigenvalue weighted by atomic mass is 19.4. The van der Waals surface area contributed by atoms with Gasteiger partial charge in [0.15, 0.2) is 0 Å². The summed E-state index contributed by atoms with van der Waals surface area (Å²) in [6.45, 7) is 0.841. The Balaban J connectivity index is 3.85. The lowest BCUT2D eigenvalue weighted by molar-refractivity contribution is -0.178. The summed E-state index contributed by atoms with van der Waals surface area (Å²) in [4.78, 5) is 9.76. The standard InChI is InChI=1S/C5H7F3O2/c1-3(2-4(9)10)5(6,7)8/h3H,2H2,1H3,(H,9,10)/t3-/m0/s1. The van der Waals surface area contributed by atoms with Gasteiger partial charge in [0.1, 0.15) is 0 Å². The number of alkyl halides is 3. The second-order valence-electron chi connectivity index (χ2n) is 2.04. The van der Waals surface area contributed by atoms with Crippen molar-refractivity contribution in [1.82, 2.24) is 0 Å². The zero-order valence-corrected chi connectivity index (χ0v) is 5.27. The van der Waals surface area contributed by atoms with Gasteiger partial charge in [-0.2, -0.15) is 13.2 Å². The lowest BCUT2D eigenvalue weighted by Crippen LogP contribution is -2.22. The minimum Gasteiger partial charge on any atom is -0.481 e. The first-order chi connectivity index (χ1) is 4.34. The van der Waals surface area contributed by atoms with Gasteiger partial charge in [-0.3, -0.25) is 4.79 Å². The molecule has 0 aliphatic carbocycles. The molecule has 0 unspecified atom stereocenters. The van der Waals surface area contributed by atoms with Gasteiger partial charge in [-0.1, -0.05) is 6.92 Å². The second-order valence-corrected chi connectivity index (χ2v) is 2.04. The first kappa shape index (κ1) is 9.26. The van der Waals surface area contributed by atoms with Crippen LogP contribution in [-0.2, 0) is 4.79 Å². The fourth-order valence-corrected chi connectivity index (χ4v) is 0.378. The molecule has 0 heterocycles. The molecular formula is C5H7F3O2. The monoisotopic (exact) mass is 156 g/mol. The van der Waals surface area contributed by atoms with Crippen LogP contribution in [0.15, 0.2) is 0 Å². The van der Waals surface area contributed by atoms with Gasteiger partial charge >= 0.3 is 12.1 Å². The molecule has 5 heteroatoms. The highest BCUT2D eigenvalue weighted by molar-refractivity contribution is 5.67. The minimum absolute atomic E-state index is 0.841. The van der Waals surface area contributed by atoms with E-state index < -0.39 is 24.5 Å². The Morgan fingerprint density at radius 2 is 2.00 bits per heavy atom. The Kier molecular flexibility index (Phi) is 2.68. The quantitative estimate of drug-likeness (QED) is 0.660. The molecule has 0 aromatic heterocycles. The minimum atomic E-state index is -4.39. The summed E-state index contributed by atoms with van der Waals surface area (Å²) < 4.78 is 34.6. The van der Waals surface area contributed by atoms with E-state index in [1.807, 2.05) is 0 Å². The van der Waals surface area contributed by atoms with Crippen molar-refractivity contribution >= 4 is 5.97 Å². The van der Waals surface area contributed by atoms with Crippen molar-refractivity contribution < 1.29 is 23.1 Å². The summed E-state index contributed by atoms with van der Waals surface area (Å²) in [5, 5.41) is 7.95. The largest absolute Gasteiger partial charge is 0.481 e. The lowest BCUT2D eigenvalue weighted by atomic mass is 10.1. The van der Waals surface area contributed by atoms with E-state index in [4.69, 9.17) is 5.11 Å². The molecule has 0 amide bonds. The molecule has 0 rings (SSSR count). The third kappa shape index (κ3) is 3.32. The topological polar surface area (TPSA) is 37.3 Å². The zero-order chi connectivity index (χ0) is 8.36. The van der Waals surface area contributed by atoms with Crippen LogP contribution in [0.4, 0.5) is 13.2 Å². The maximum Gasteiger partial charge on any atom is 0.392 e. The average Bonchev–Trinajstić information content (AvgIpc) is 1.60. The first-order valence-electron chi connectivity index (χ1n) is 2.62. The Morgan fingerprint density at radius 3 is 2.10 bits per heavy atom. The molecule has 1 N–H and O–H groups in total. The van der Waals surface area contributed by atoms with E-state index in [9.17, 15) is 18.0 Å². The number of rotatable bonds is 2. The highest BCUT2D eigenvalue weighted by Gasteiger charge is 2.36. The first-order valence-corrected chi connectivity index (χ1v) is 2.62. The van der Waals surface area contributed by atoms with Gasteiger partial charge in [-0.15, -0.1) is 0 Å². The van der Waals surface area contributed by atoms with E-state index in [0.29, 0.717) is 0 Å². The van der Waals surface area contributed by atoms with Gasteiger partial charge in [0, 0.05) is 0 Å². The van der Waals surface area contributed by atoms with Crippen LogP contribution in [0, 0.1) is 5.92 Å². The van der Waals surface area contributed by atoms with Crippen LogP contribution in [-0.4, -0.2) is 17.3 Å². The molecule has 0 aromatic carbocycles. The van der Waals surface area contributed by atoms with E-state index in [1.165, 1.54) is 0 Å². The molecule has 0 aliphatic heterocycles. The van der Waals surface area contributed by atoms with Crippen LogP contribution in [0.1, 0.15) is 13.3 Å². The Bertz CT molecular complexity index is 129. The smallest absolute Gasteiger partial charge is 0.392 e. The predicted octanol–water partition coefficient (Wildman–Crippen LogP) is 1.66. The van der Waals surface area contributed by atoms with Crippen molar-refractivity contribution in [1.29, 1.82) is 0 Å². The van der Waals surface area contributed by atoms with Crippen LogP contribution in [0.3, 0.4) is 0 Å². The molecule has 1 atom stereocenters. The molecule has 0 saturated carbocycles. The SMILES string of the molecule is C[C@@H](CC(=O)O)C(F)(F)F. The Hall–Kier alpha value is -0.740. The van der Waals surface area contributed by atoms with Gasteiger partial charge in [-0.05, 0) is 0 Å². The van der Waals surface area contributed by atoms with Crippen molar-refractivity contribution in [3.05, 3.63) is 0 Å². The fraction of sp³-hybridized carbons (Fsp3) is 0.800. The number of hydrogen-bond acceptors (Lipinski definition) is 1. The molecule has 0 saturated heterocycles. The maximum atomic E-state index is 11.5. The molecular weight excluding hydrogens is 149 g/mol. The third-order valence-electron chi connectivity index (χ3n) is 1.04. The molecule has 0 bridgehead atoms. The van der Waals surface area contributed by atoms with E-state index in [1.54, 1.807) is 0 Å². The Morgan fingerprint density at radius 1 is 1.60 bits per heavy atom. The molecule has 0 spiro atoms. The summed E-state index contributed by atoms with van der Waals surface area (Å²) in [7, 11) is 0. The molecule has 10 heavy (non-hydrogen) atoms. The average molecular weight is 156 g/mol. The summed E-state index contributed by atoms with van der Waals surface area (Å²) >= 11 is 0. The van der Waals surface area contributed by atoms with Crippen molar-refractivity contribution in [2.75, 3.05) is 0 Å². The van der Waals surface area contributed by atoms with Gasteiger partial charge in [0.25, 0.3) is 0 Å². The van der Waals surface area contributed by atoms with Crippen molar-refractivity contribution in [3.63, 3.8) is 0 Å². The summed E-state index contributed by atoms with van der Waals surface area (Å²) in [6.07, 6.45) is -5.25. The normalized spacial score (nSPS) is 14.8. The Labute approximate surface area is 55.7 Å². The summed E-state index contributed by atoms with van der Waals surface area (Å²) in [5.41, 5.74) is 0. The van der Waals surface area contributed by atoms with Crippen LogP contribution in [0.5, 0.6) is 0 Å². The molecule has 0 aliphatic rings. The lowest BCUT2D eigenvalue weighted by Gasteiger charge is -2.11. The van der Waals surface area contributed by atoms with E-state index in [0.717, 1.165) is 6.92 Å².